The van der Waals surface area contributed by atoms with Gasteiger partial charge in [-0.05, 0) is 95.4 Å². The normalized spacial score (nSPS) is 11.4. The summed E-state index contributed by atoms with van der Waals surface area (Å²) in [7, 11) is 1.76. The van der Waals surface area contributed by atoms with Crippen LogP contribution in [0, 0.1) is 26.0 Å². The average Bonchev–Trinajstić information content (AvgIpc) is 4.23. The van der Waals surface area contributed by atoms with Gasteiger partial charge in [0.25, 0.3) is 0 Å². The number of ether oxygens (including phenoxy) is 1. The number of thiophene rings is 2. The second-order valence-corrected chi connectivity index (χ2v) is 18.8. The Balaban J connectivity index is 0.000000173. The van der Waals surface area contributed by atoms with Crippen LogP contribution in [-0.4, -0.2) is 25.9 Å². The number of para-hydroxylation sites is 2. The van der Waals surface area contributed by atoms with E-state index in [4.69, 9.17) is 4.74 Å². The molecule has 0 saturated carbocycles. The summed E-state index contributed by atoms with van der Waals surface area (Å²) >= 11 is 3.65. The Hall–Kier alpha value is -7.19. The van der Waals surface area contributed by atoms with Crippen molar-refractivity contribution in [1.82, 2.24) is 18.8 Å². The fraction of sp³-hybridized carbons (Fsp3) is 0.0508. The quantitative estimate of drug-likeness (QED) is 0.123. The van der Waals surface area contributed by atoms with Gasteiger partial charge in [0, 0.05) is 86.6 Å². The van der Waals surface area contributed by atoms with Gasteiger partial charge in [0.05, 0.1) is 18.4 Å². The number of aromatic nitrogens is 4. The molecule has 0 aliphatic rings. The van der Waals surface area contributed by atoms with Crippen molar-refractivity contribution in [3.63, 3.8) is 0 Å². The van der Waals surface area contributed by atoms with E-state index in [-0.39, 0.29) is 20.1 Å². The van der Waals surface area contributed by atoms with Crippen molar-refractivity contribution in [2.24, 2.45) is 0 Å². The summed E-state index contributed by atoms with van der Waals surface area (Å²) in [5.74, 6) is 0.898. The first-order chi connectivity index (χ1) is 32.5. The fourth-order valence-electron chi connectivity index (χ4n) is 9.55. The van der Waals surface area contributed by atoms with Gasteiger partial charge >= 0.3 is 0 Å². The van der Waals surface area contributed by atoms with Crippen molar-refractivity contribution in [3.8, 4) is 59.3 Å². The minimum absolute atomic E-state index is 0. The second-order valence-electron chi connectivity index (χ2n) is 16.5. The van der Waals surface area contributed by atoms with Gasteiger partial charge in [-0.2, -0.15) is 0 Å². The van der Waals surface area contributed by atoms with Crippen LogP contribution in [0.1, 0.15) is 10.4 Å². The number of pyridine rings is 2. The van der Waals surface area contributed by atoms with Gasteiger partial charge in [-0.25, -0.2) is 0 Å². The van der Waals surface area contributed by atoms with Crippen LogP contribution in [0.5, 0.6) is 5.75 Å². The molecule has 0 spiro atoms. The van der Waals surface area contributed by atoms with Crippen molar-refractivity contribution >= 4 is 77.3 Å². The molecule has 325 valence electrons. The average molecular weight is 1080 g/mol. The van der Waals surface area contributed by atoms with Crippen molar-refractivity contribution in [2.75, 3.05) is 7.11 Å². The molecule has 1 radical (unpaired) electrons. The number of benzene rings is 7. The van der Waals surface area contributed by atoms with E-state index >= 15 is 0 Å². The molecule has 0 unspecified atom stereocenters. The van der Waals surface area contributed by atoms with E-state index in [0.717, 1.165) is 55.6 Å². The molecule has 13 aromatic rings. The van der Waals surface area contributed by atoms with Crippen LogP contribution in [0.15, 0.2) is 189 Å². The molecular weight excluding hydrogens is 1040 g/mol. The molecule has 0 saturated heterocycles. The summed E-state index contributed by atoms with van der Waals surface area (Å²) in [5.41, 5.74) is 13.6. The first-order valence-electron chi connectivity index (χ1n) is 21.9. The standard InChI is InChI=1S/C39H27N2OS.C20H13N2S.Ir/c1-25-23-32(26-9-4-3-5-10-26)38(42-2)33(24-25)27-15-17-28(18-16-27)35-19-20-36(43-35)30-12-8-13-31-37(30)29-11-6-7-14-34(29)41-22-21-40-39(31)41;1-13-9-10-18(23-13)15-6-4-7-16-19(15)14-5-2-3-8-17(14)22-12-11-21-20(16)22;/h3-12,14-24H,1-2H3;2-6,8-12H,1H3;/q2*-1;. The van der Waals surface area contributed by atoms with E-state index < -0.39 is 0 Å². The molecule has 0 aliphatic carbocycles. The van der Waals surface area contributed by atoms with Crippen LogP contribution < -0.4 is 4.74 Å². The Kier molecular flexibility index (Phi) is 11.1. The molecular formula is C59H40IrN4OS2-2. The van der Waals surface area contributed by atoms with Gasteiger partial charge in [0.2, 0.25) is 0 Å². The van der Waals surface area contributed by atoms with Gasteiger partial charge < -0.3 is 13.5 Å². The van der Waals surface area contributed by atoms with Crippen molar-refractivity contribution in [3.05, 3.63) is 211 Å². The monoisotopic (exact) mass is 1080 g/mol. The molecule has 0 N–H and O–H groups in total. The molecule has 6 heterocycles. The molecule has 0 fully saturated rings. The smallest absolute Gasteiger partial charge is 0.134 e. The van der Waals surface area contributed by atoms with Crippen LogP contribution in [0.2, 0.25) is 0 Å². The number of hydrogen-bond acceptors (Lipinski definition) is 5. The second kappa shape index (κ2) is 17.6. The minimum Gasteiger partial charge on any atom is -0.495 e. The van der Waals surface area contributed by atoms with Gasteiger partial charge in [-0.15, -0.1) is 59.1 Å². The van der Waals surface area contributed by atoms with Gasteiger partial charge in [-0.3, -0.25) is 9.97 Å². The molecule has 0 atom stereocenters. The van der Waals surface area contributed by atoms with Crippen LogP contribution in [0.3, 0.4) is 0 Å². The molecule has 0 amide bonds. The first-order valence-corrected chi connectivity index (χ1v) is 23.5. The van der Waals surface area contributed by atoms with Crippen LogP contribution in [-0.2, 0) is 20.1 Å². The number of imidazole rings is 2. The van der Waals surface area contributed by atoms with E-state index in [1.165, 1.54) is 68.8 Å². The SMILES string of the molecule is COc1c(-c2ccccc2)cc(C)cc1-c1ccc(-c2ccc(-c3cc[c-]c4c3c3ccccc3n3ccnc43)s2)cc1.Cc1ccc(-c2cc[c-]c3c2c2ccccc2n2ccnc32)s1.[Ir]. The van der Waals surface area contributed by atoms with Gasteiger partial charge in [0.1, 0.15) is 5.75 Å². The third-order valence-corrected chi connectivity index (χ3v) is 14.7. The van der Waals surface area contributed by atoms with Crippen molar-refractivity contribution in [2.45, 2.75) is 13.8 Å². The zero-order valence-corrected chi connectivity index (χ0v) is 40.8. The molecule has 67 heavy (non-hydrogen) atoms. The maximum absolute atomic E-state index is 5.99. The number of fused-ring (bicyclic) bond motifs is 12. The van der Waals surface area contributed by atoms with E-state index in [1.54, 1.807) is 7.11 Å². The Morgan fingerprint density at radius 2 is 0.985 bits per heavy atom. The maximum Gasteiger partial charge on any atom is 0.134 e. The zero-order chi connectivity index (χ0) is 44.3. The topological polar surface area (TPSA) is 43.8 Å². The third-order valence-electron chi connectivity index (χ3n) is 12.5. The summed E-state index contributed by atoms with van der Waals surface area (Å²) in [6.07, 6.45) is 7.77. The molecule has 7 aromatic carbocycles. The molecule has 6 aromatic heterocycles. The van der Waals surface area contributed by atoms with E-state index in [2.05, 4.69) is 190 Å². The molecule has 13 rings (SSSR count). The van der Waals surface area contributed by atoms with E-state index in [0.29, 0.717) is 0 Å². The summed E-state index contributed by atoms with van der Waals surface area (Å²) in [6.45, 7) is 4.29. The van der Waals surface area contributed by atoms with Gasteiger partial charge in [0.15, 0.2) is 0 Å². The van der Waals surface area contributed by atoms with Crippen LogP contribution >= 0.6 is 22.7 Å². The summed E-state index contributed by atoms with van der Waals surface area (Å²) in [5, 5.41) is 7.01. The Morgan fingerprint density at radius 1 is 0.493 bits per heavy atom. The molecule has 5 nitrogen and oxygen atoms in total. The summed E-state index contributed by atoms with van der Waals surface area (Å²) < 4.78 is 10.3. The Morgan fingerprint density at radius 3 is 1.54 bits per heavy atom. The van der Waals surface area contributed by atoms with Crippen molar-refractivity contribution < 1.29 is 24.8 Å². The van der Waals surface area contributed by atoms with Crippen molar-refractivity contribution in [1.29, 1.82) is 0 Å². The Labute approximate surface area is 409 Å². The number of aryl methyl sites for hydroxylation is 2. The van der Waals surface area contributed by atoms with E-state index in [1.807, 2.05) is 65.7 Å². The Bertz CT molecular complexity index is 3960. The predicted molar refractivity (Wildman–Crippen MR) is 277 cm³/mol. The molecule has 0 bridgehead atoms. The maximum atomic E-state index is 5.99. The summed E-state index contributed by atoms with van der Waals surface area (Å²) in [6, 6.07) is 64.9. The number of methoxy groups -OCH3 is 1. The number of hydrogen-bond donors (Lipinski definition) is 0. The van der Waals surface area contributed by atoms with Crippen LogP contribution in [0.25, 0.3) is 108 Å². The molecule has 8 heteroatoms. The summed E-state index contributed by atoms with van der Waals surface area (Å²) in [4.78, 5) is 14.3. The number of rotatable bonds is 6. The number of nitrogens with zero attached hydrogens (tertiary/aromatic N) is 4. The third kappa shape index (κ3) is 7.34. The fourth-order valence-corrected chi connectivity index (χ4v) is 11.5. The first kappa shape index (κ1) is 42.4. The predicted octanol–water partition coefficient (Wildman–Crippen LogP) is 16.0. The van der Waals surface area contributed by atoms with Crippen LogP contribution in [0.4, 0.5) is 0 Å². The zero-order valence-electron chi connectivity index (χ0n) is 36.7. The largest absolute Gasteiger partial charge is 0.495 e. The minimum atomic E-state index is 0. The molecule has 0 aliphatic heterocycles. The van der Waals surface area contributed by atoms with E-state index in [9.17, 15) is 0 Å². The van der Waals surface area contributed by atoms with Gasteiger partial charge in [-0.1, -0.05) is 124 Å².